The van der Waals surface area contributed by atoms with Crippen LogP contribution >= 0.6 is 15.9 Å². The van der Waals surface area contributed by atoms with Gasteiger partial charge in [0, 0.05) is 22.4 Å². The van der Waals surface area contributed by atoms with Gasteiger partial charge in [-0.3, -0.25) is 14.1 Å². The Kier molecular flexibility index (Phi) is 6.04. The van der Waals surface area contributed by atoms with E-state index in [1.165, 1.54) is 6.21 Å². The number of carbonyl (C=O) groups excluding carboxylic acids is 1. The molecule has 7 nitrogen and oxygen atoms in total. The van der Waals surface area contributed by atoms with Gasteiger partial charge in [-0.2, -0.15) is 5.10 Å². The van der Waals surface area contributed by atoms with Crippen LogP contribution in [0.2, 0.25) is 0 Å². The number of rotatable bonds is 6. The molecule has 1 aromatic carbocycles. The van der Waals surface area contributed by atoms with E-state index >= 15 is 0 Å². The number of hydrazone groups is 1. The first-order chi connectivity index (χ1) is 11.4. The number of nitrogens with one attached hydrogen (secondary N) is 1. The Hall–Kier alpha value is -2.26. The first kappa shape index (κ1) is 18.1. The predicted molar refractivity (Wildman–Crippen MR) is 96.3 cm³/mol. The lowest BCUT2D eigenvalue weighted by Crippen LogP contribution is -2.39. The first-order valence-corrected chi connectivity index (χ1v) is 9.45. The Morgan fingerprint density at radius 2 is 2.17 bits per heavy atom. The number of halogens is 1. The van der Waals surface area contributed by atoms with Gasteiger partial charge >= 0.3 is 0 Å². The minimum Gasteiger partial charge on any atom is -0.271 e. The summed E-state index contributed by atoms with van der Waals surface area (Å²) in [4.78, 5) is 15.9. The summed E-state index contributed by atoms with van der Waals surface area (Å²) in [6.07, 6.45) is 5.67. The van der Waals surface area contributed by atoms with E-state index in [0.717, 1.165) is 10.6 Å². The van der Waals surface area contributed by atoms with E-state index in [-0.39, 0.29) is 6.54 Å². The van der Waals surface area contributed by atoms with Crippen LogP contribution in [0.15, 0.2) is 58.4 Å². The lowest BCUT2D eigenvalue weighted by atomic mass is 10.3. The van der Waals surface area contributed by atoms with Crippen molar-refractivity contribution in [3.8, 4) is 0 Å². The molecule has 0 saturated carbocycles. The molecule has 0 fully saturated rings. The van der Waals surface area contributed by atoms with Gasteiger partial charge in [-0.25, -0.2) is 13.8 Å². The highest BCUT2D eigenvalue weighted by Gasteiger charge is 2.20. The molecule has 0 bridgehead atoms. The SMILES string of the molecule is CS(=O)(=O)N(CC(=O)N/N=C\c1cccnc1)c1cccc(Br)c1. The number of sulfonamides is 1. The molecule has 126 valence electrons. The molecule has 1 amide bonds. The molecule has 2 rings (SSSR count). The van der Waals surface area contributed by atoms with Crippen molar-refractivity contribution in [1.29, 1.82) is 0 Å². The van der Waals surface area contributed by atoms with Crippen molar-refractivity contribution in [1.82, 2.24) is 10.4 Å². The van der Waals surface area contributed by atoms with Gasteiger partial charge in [0.25, 0.3) is 5.91 Å². The summed E-state index contributed by atoms with van der Waals surface area (Å²) in [5, 5.41) is 3.79. The number of benzene rings is 1. The zero-order valence-corrected chi connectivity index (χ0v) is 15.2. The second kappa shape index (κ2) is 8.02. The number of anilines is 1. The minimum atomic E-state index is -3.62. The number of pyridine rings is 1. The molecule has 24 heavy (non-hydrogen) atoms. The highest BCUT2D eigenvalue weighted by Crippen LogP contribution is 2.21. The smallest absolute Gasteiger partial charge is 0.260 e. The maximum Gasteiger partial charge on any atom is 0.260 e. The number of carbonyl (C=O) groups is 1. The molecule has 0 saturated heterocycles. The van der Waals surface area contributed by atoms with Crippen LogP contribution in [0, 0.1) is 0 Å². The molecule has 0 unspecified atom stereocenters. The van der Waals surface area contributed by atoms with E-state index in [1.807, 2.05) is 0 Å². The Balaban J connectivity index is 2.07. The molecule has 0 radical (unpaired) electrons. The second-order valence-electron chi connectivity index (χ2n) is 4.83. The lowest BCUT2D eigenvalue weighted by Gasteiger charge is -2.21. The van der Waals surface area contributed by atoms with Gasteiger partial charge in [0.05, 0.1) is 18.2 Å². The van der Waals surface area contributed by atoms with Gasteiger partial charge in [0.15, 0.2) is 0 Å². The number of aromatic nitrogens is 1. The van der Waals surface area contributed by atoms with Gasteiger partial charge in [-0.05, 0) is 24.3 Å². The van der Waals surface area contributed by atoms with Gasteiger partial charge < -0.3 is 0 Å². The quantitative estimate of drug-likeness (QED) is 0.579. The van der Waals surface area contributed by atoms with Crippen LogP contribution in [0.3, 0.4) is 0 Å². The van der Waals surface area contributed by atoms with E-state index in [4.69, 9.17) is 0 Å². The average molecular weight is 411 g/mol. The average Bonchev–Trinajstić information content (AvgIpc) is 2.52. The molecule has 9 heteroatoms. The Bertz CT molecular complexity index is 841. The van der Waals surface area contributed by atoms with Crippen molar-refractivity contribution in [2.24, 2.45) is 5.10 Å². The standard InChI is InChI=1S/C15H15BrN4O3S/c1-24(22,23)20(14-6-2-5-13(16)8-14)11-15(21)19-18-10-12-4-3-7-17-9-12/h2-10H,11H2,1H3,(H,19,21)/b18-10-. The van der Waals surface area contributed by atoms with E-state index in [0.29, 0.717) is 15.7 Å². The van der Waals surface area contributed by atoms with Crippen LogP contribution in [0.25, 0.3) is 0 Å². The molecule has 0 spiro atoms. The second-order valence-corrected chi connectivity index (χ2v) is 7.65. The number of hydrogen-bond donors (Lipinski definition) is 1. The summed E-state index contributed by atoms with van der Waals surface area (Å²) >= 11 is 3.28. The largest absolute Gasteiger partial charge is 0.271 e. The summed E-state index contributed by atoms with van der Waals surface area (Å²) in [5.74, 6) is -0.555. The predicted octanol–water partition coefficient (Wildman–Crippen LogP) is 1.76. The van der Waals surface area contributed by atoms with Crippen molar-refractivity contribution in [3.63, 3.8) is 0 Å². The van der Waals surface area contributed by atoms with Gasteiger partial charge in [-0.1, -0.05) is 28.1 Å². The van der Waals surface area contributed by atoms with Crippen molar-refractivity contribution >= 4 is 43.8 Å². The molecule has 0 aliphatic carbocycles. The van der Waals surface area contributed by atoms with Crippen LogP contribution < -0.4 is 9.73 Å². The maximum absolute atomic E-state index is 12.0. The molecule has 2 aromatic rings. The normalized spacial score (nSPS) is 11.4. The van der Waals surface area contributed by atoms with Crippen molar-refractivity contribution in [3.05, 3.63) is 58.8 Å². The first-order valence-electron chi connectivity index (χ1n) is 6.81. The monoisotopic (exact) mass is 410 g/mol. The van der Waals surface area contributed by atoms with E-state index in [1.54, 1.807) is 48.8 Å². The van der Waals surface area contributed by atoms with Crippen LogP contribution in [0.5, 0.6) is 0 Å². The Labute approximate surface area is 148 Å². The zero-order chi connectivity index (χ0) is 17.6. The summed E-state index contributed by atoms with van der Waals surface area (Å²) in [6, 6.07) is 10.2. The van der Waals surface area contributed by atoms with E-state index in [9.17, 15) is 13.2 Å². The summed E-state index contributed by atoms with van der Waals surface area (Å²) in [7, 11) is -3.62. The third kappa shape index (κ3) is 5.43. The molecule has 1 heterocycles. The topological polar surface area (TPSA) is 91.7 Å². The fourth-order valence-electron chi connectivity index (χ4n) is 1.83. The van der Waals surface area contributed by atoms with Crippen molar-refractivity contribution in [2.45, 2.75) is 0 Å². The zero-order valence-electron chi connectivity index (χ0n) is 12.8. The summed E-state index contributed by atoms with van der Waals surface area (Å²) in [6.45, 7) is -0.375. The number of hydrogen-bond acceptors (Lipinski definition) is 5. The molecule has 0 atom stereocenters. The van der Waals surface area contributed by atoms with Gasteiger partial charge in [-0.15, -0.1) is 0 Å². The van der Waals surface area contributed by atoms with Gasteiger partial charge in [0.1, 0.15) is 6.54 Å². The Morgan fingerprint density at radius 1 is 1.38 bits per heavy atom. The molecular formula is C15H15BrN4O3S. The molecule has 0 aliphatic heterocycles. The molecule has 1 aromatic heterocycles. The van der Waals surface area contributed by atoms with E-state index in [2.05, 4.69) is 31.4 Å². The fraction of sp³-hybridized carbons (Fsp3) is 0.133. The third-order valence-corrected chi connectivity index (χ3v) is 4.50. The van der Waals surface area contributed by atoms with Crippen LogP contribution in [-0.4, -0.2) is 38.3 Å². The van der Waals surface area contributed by atoms with Crippen LogP contribution in [0.1, 0.15) is 5.56 Å². The molecule has 0 aliphatic rings. The van der Waals surface area contributed by atoms with Gasteiger partial charge in [0.2, 0.25) is 10.0 Å². The Morgan fingerprint density at radius 3 is 2.79 bits per heavy atom. The summed E-state index contributed by atoms with van der Waals surface area (Å²) in [5.41, 5.74) is 3.40. The highest BCUT2D eigenvalue weighted by atomic mass is 79.9. The van der Waals surface area contributed by atoms with Crippen molar-refractivity contribution in [2.75, 3.05) is 17.1 Å². The highest BCUT2D eigenvalue weighted by molar-refractivity contribution is 9.10. The number of nitrogens with zero attached hydrogens (tertiary/aromatic N) is 3. The fourth-order valence-corrected chi connectivity index (χ4v) is 3.06. The van der Waals surface area contributed by atoms with Crippen molar-refractivity contribution < 1.29 is 13.2 Å². The lowest BCUT2D eigenvalue weighted by molar-refractivity contribution is -0.119. The van der Waals surface area contributed by atoms with Crippen LogP contribution in [0.4, 0.5) is 5.69 Å². The van der Waals surface area contributed by atoms with Crippen LogP contribution in [-0.2, 0) is 14.8 Å². The minimum absolute atomic E-state index is 0.375. The number of amides is 1. The molecular weight excluding hydrogens is 396 g/mol. The van der Waals surface area contributed by atoms with E-state index < -0.39 is 15.9 Å². The molecule has 1 N–H and O–H groups in total. The maximum atomic E-state index is 12.0. The summed E-state index contributed by atoms with van der Waals surface area (Å²) < 4.78 is 25.6. The third-order valence-electron chi connectivity index (χ3n) is 2.87.